The Bertz CT molecular complexity index is 585. The Morgan fingerprint density at radius 3 is 1.79 bits per heavy atom. The molecule has 0 aromatic heterocycles. The van der Waals surface area contributed by atoms with E-state index < -0.39 is 6.95 Å². The molecule has 1 atom stereocenters. The largest absolute Gasteiger partial charge is 0.474 e. The second kappa shape index (κ2) is 16.2. The van der Waals surface area contributed by atoms with Gasteiger partial charge < -0.3 is 9.42 Å². The maximum absolute atomic E-state index is 11.6. The lowest BCUT2D eigenvalue weighted by molar-refractivity contribution is 0.398. The molecular weight excluding hydrogens is 403 g/mol. The molecule has 0 radical (unpaired) electrons. The van der Waals surface area contributed by atoms with Crippen LogP contribution in [-0.2, 0) is 17.4 Å². The van der Waals surface area contributed by atoms with Crippen LogP contribution in [0.3, 0.4) is 0 Å². The second-order valence-corrected chi connectivity index (χ2v) is 10.5. The molecule has 3 nitrogen and oxygen atoms in total. The predicted octanol–water partition coefficient (Wildman–Crippen LogP) is 8.99. The summed E-state index contributed by atoms with van der Waals surface area (Å²) in [5.41, 5.74) is 2.31. The van der Waals surface area contributed by atoms with E-state index in [2.05, 4.69) is 19.9 Å². The van der Waals surface area contributed by atoms with Crippen LogP contribution in [0, 0.1) is 0 Å². The first-order valence-electron chi connectivity index (χ1n) is 11.8. The molecule has 0 amide bonds. The highest BCUT2D eigenvalue weighted by Crippen LogP contribution is 2.49. The summed E-state index contributed by atoms with van der Waals surface area (Å²) in [6.07, 6.45) is 19.6. The summed E-state index contributed by atoms with van der Waals surface area (Å²) in [4.78, 5) is 9.49. The highest BCUT2D eigenvalue weighted by molar-refractivity contribution is 7.80. The van der Waals surface area contributed by atoms with E-state index in [1.165, 1.54) is 82.6 Å². The van der Waals surface area contributed by atoms with E-state index in [4.69, 9.17) is 15.8 Å². The number of hydrogen-bond donors (Lipinski definition) is 1. The molecule has 0 aliphatic carbocycles. The van der Waals surface area contributed by atoms with Gasteiger partial charge in [-0.05, 0) is 42.9 Å². The molecular formula is C24H42ClO3P. The molecule has 1 N–H and O–H groups in total. The molecule has 29 heavy (non-hydrogen) atoms. The Balaban J connectivity index is 2.58. The first-order valence-corrected chi connectivity index (χ1v) is 14.3. The van der Waals surface area contributed by atoms with Gasteiger partial charge in [0.2, 0.25) is 0 Å². The number of aryl methyl sites for hydroxylation is 1. The van der Waals surface area contributed by atoms with Gasteiger partial charge >= 0.3 is 6.95 Å². The van der Waals surface area contributed by atoms with Crippen molar-refractivity contribution in [1.29, 1.82) is 0 Å². The number of benzene rings is 1. The molecule has 0 aliphatic heterocycles. The third-order valence-electron chi connectivity index (χ3n) is 5.52. The van der Waals surface area contributed by atoms with Crippen molar-refractivity contribution in [2.45, 2.75) is 117 Å². The zero-order valence-electron chi connectivity index (χ0n) is 18.6. The minimum absolute atomic E-state index is 0.484. The maximum Gasteiger partial charge on any atom is 0.474 e. The van der Waals surface area contributed by atoms with E-state index in [1.807, 2.05) is 6.07 Å². The Hall–Kier alpha value is -0.500. The Morgan fingerprint density at radius 2 is 1.28 bits per heavy atom. The van der Waals surface area contributed by atoms with Crippen molar-refractivity contribution in [3.63, 3.8) is 0 Å². The monoisotopic (exact) mass is 444 g/mol. The number of unbranched alkanes of at least 4 members (excludes halogenated alkanes) is 12. The maximum atomic E-state index is 11.6. The first kappa shape index (κ1) is 26.5. The van der Waals surface area contributed by atoms with Crippen LogP contribution < -0.4 is 4.52 Å². The Kier molecular flexibility index (Phi) is 14.8. The van der Waals surface area contributed by atoms with Crippen LogP contribution in [0.4, 0.5) is 0 Å². The lowest BCUT2D eigenvalue weighted by Gasteiger charge is -2.16. The van der Waals surface area contributed by atoms with Crippen LogP contribution in [0.2, 0.25) is 0 Å². The molecule has 0 fully saturated rings. The van der Waals surface area contributed by atoms with Crippen molar-refractivity contribution in [1.82, 2.24) is 0 Å². The van der Waals surface area contributed by atoms with Crippen molar-refractivity contribution in [3.05, 3.63) is 29.3 Å². The molecule has 1 aromatic rings. The van der Waals surface area contributed by atoms with Gasteiger partial charge in [0.25, 0.3) is 0 Å². The normalized spacial score (nSPS) is 13.4. The van der Waals surface area contributed by atoms with E-state index >= 15 is 0 Å². The van der Waals surface area contributed by atoms with Crippen molar-refractivity contribution < 1.29 is 14.0 Å². The molecule has 0 saturated heterocycles. The molecule has 0 aliphatic rings. The average Bonchev–Trinajstić information content (AvgIpc) is 2.67. The van der Waals surface area contributed by atoms with Crippen LogP contribution in [0.15, 0.2) is 18.2 Å². The standard InChI is InChI=1S/C24H42ClO3P/c1-3-5-7-9-11-13-15-18-22-19-17-21-24(28-29(25,26)27)23(22)20-16-14-12-10-8-6-4-2/h17,19,21H,3-16,18,20H2,1-2H3,(H,26,27). The minimum Gasteiger partial charge on any atom is -0.413 e. The summed E-state index contributed by atoms with van der Waals surface area (Å²) in [6, 6.07) is 5.82. The third kappa shape index (κ3) is 13.4. The predicted molar refractivity (Wildman–Crippen MR) is 126 cm³/mol. The van der Waals surface area contributed by atoms with Crippen molar-refractivity contribution in [3.8, 4) is 5.75 Å². The lowest BCUT2D eigenvalue weighted by atomic mass is 9.95. The quantitative estimate of drug-likeness (QED) is 0.181. The molecule has 168 valence electrons. The fourth-order valence-corrected chi connectivity index (χ4v) is 4.50. The Morgan fingerprint density at radius 1 is 0.793 bits per heavy atom. The van der Waals surface area contributed by atoms with Crippen LogP contribution in [-0.4, -0.2) is 4.89 Å². The van der Waals surface area contributed by atoms with Gasteiger partial charge in [-0.15, -0.1) is 0 Å². The summed E-state index contributed by atoms with van der Waals surface area (Å²) >= 11 is 5.50. The van der Waals surface area contributed by atoms with Gasteiger partial charge in [-0.1, -0.05) is 103 Å². The zero-order valence-corrected chi connectivity index (χ0v) is 20.3. The van der Waals surface area contributed by atoms with Crippen molar-refractivity contribution in [2.75, 3.05) is 0 Å². The smallest absolute Gasteiger partial charge is 0.413 e. The van der Waals surface area contributed by atoms with Gasteiger partial charge in [-0.3, -0.25) is 0 Å². The summed E-state index contributed by atoms with van der Waals surface area (Å²) in [7, 11) is 0. The van der Waals surface area contributed by atoms with Crippen LogP contribution >= 0.6 is 18.2 Å². The second-order valence-electron chi connectivity index (χ2n) is 8.18. The van der Waals surface area contributed by atoms with Crippen molar-refractivity contribution >= 4 is 18.2 Å². The number of hydrogen-bond acceptors (Lipinski definition) is 2. The molecule has 1 aromatic carbocycles. The van der Waals surface area contributed by atoms with Crippen molar-refractivity contribution in [2.24, 2.45) is 0 Å². The van der Waals surface area contributed by atoms with Crippen LogP contribution in [0.1, 0.15) is 115 Å². The summed E-state index contributed by atoms with van der Waals surface area (Å²) in [5.74, 6) is 0.484. The highest BCUT2D eigenvalue weighted by Gasteiger charge is 2.19. The summed E-state index contributed by atoms with van der Waals surface area (Å²) in [6.45, 7) is 0.413. The molecule has 0 bridgehead atoms. The van der Waals surface area contributed by atoms with Gasteiger partial charge in [0, 0.05) is 11.2 Å². The zero-order chi connectivity index (χ0) is 21.4. The Labute approximate surface area is 183 Å². The fraction of sp³-hybridized carbons (Fsp3) is 0.750. The molecule has 5 heteroatoms. The van der Waals surface area contributed by atoms with E-state index in [0.717, 1.165) is 31.2 Å². The highest BCUT2D eigenvalue weighted by atomic mass is 35.7. The van der Waals surface area contributed by atoms with E-state index in [0.29, 0.717) is 5.75 Å². The van der Waals surface area contributed by atoms with Gasteiger partial charge in [-0.2, -0.15) is 0 Å². The fourth-order valence-electron chi connectivity index (χ4n) is 3.87. The number of halogens is 1. The van der Waals surface area contributed by atoms with E-state index in [9.17, 15) is 9.46 Å². The minimum atomic E-state index is -4.07. The molecule has 1 unspecified atom stereocenters. The van der Waals surface area contributed by atoms with Crippen LogP contribution in [0.25, 0.3) is 0 Å². The SMILES string of the molecule is CCCCCCCCCc1cccc(OP(=O)(O)Cl)c1CCCCCCCCC. The third-order valence-corrected chi connectivity index (χ3v) is 6.15. The average molecular weight is 445 g/mol. The van der Waals surface area contributed by atoms with Gasteiger partial charge in [0.1, 0.15) is 5.75 Å². The topological polar surface area (TPSA) is 46.5 Å². The van der Waals surface area contributed by atoms with E-state index in [-0.39, 0.29) is 0 Å². The first-order chi connectivity index (χ1) is 14.0. The van der Waals surface area contributed by atoms with Gasteiger partial charge in [-0.25, -0.2) is 4.57 Å². The molecule has 0 saturated carbocycles. The molecule has 1 rings (SSSR count). The van der Waals surface area contributed by atoms with Crippen LogP contribution in [0.5, 0.6) is 5.75 Å². The lowest BCUT2D eigenvalue weighted by Crippen LogP contribution is -2.00. The van der Waals surface area contributed by atoms with Gasteiger partial charge in [0.05, 0.1) is 0 Å². The molecule has 0 spiro atoms. The summed E-state index contributed by atoms with van der Waals surface area (Å²) in [5, 5.41) is 0. The van der Waals surface area contributed by atoms with Gasteiger partial charge in [0.15, 0.2) is 0 Å². The summed E-state index contributed by atoms with van der Waals surface area (Å²) < 4.78 is 16.8. The number of rotatable bonds is 18. The van der Waals surface area contributed by atoms with E-state index in [1.54, 1.807) is 6.07 Å². The molecule has 0 heterocycles.